The highest BCUT2D eigenvalue weighted by Gasteiger charge is 2.26. The van der Waals surface area contributed by atoms with Crippen LogP contribution in [-0.4, -0.2) is 53.0 Å². The van der Waals surface area contributed by atoms with Gasteiger partial charge in [-0.1, -0.05) is 6.92 Å². The van der Waals surface area contributed by atoms with E-state index >= 15 is 0 Å². The van der Waals surface area contributed by atoms with E-state index in [1.165, 1.54) is 19.5 Å². The first-order chi connectivity index (χ1) is 10.1. The van der Waals surface area contributed by atoms with Gasteiger partial charge in [0.05, 0.1) is 19.5 Å². The fourth-order valence-electron chi connectivity index (χ4n) is 2.14. The summed E-state index contributed by atoms with van der Waals surface area (Å²) in [5.74, 6) is 0.830. The van der Waals surface area contributed by atoms with E-state index in [1.54, 1.807) is 4.90 Å². The molecule has 0 aliphatic carbocycles. The highest BCUT2D eigenvalue weighted by atomic mass is 16.5. The number of hydrogen-bond donors (Lipinski definition) is 2. The molecule has 1 aliphatic rings. The fourth-order valence-corrected chi connectivity index (χ4v) is 2.14. The Labute approximate surface area is 122 Å². The van der Waals surface area contributed by atoms with E-state index in [1.807, 2.05) is 6.92 Å². The van der Waals surface area contributed by atoms with Crippen LogP contribution < -0.4 is 15.4 Å². The van der Waals surface area contributed by atoms with Gasteiger partial charge in [0.25, 0.3) is 0 Å². The zero-order valence-electron chi connectivity index (χ0n) is 12.1. The molecule has 0 radical (unpaired) electrons. The van der Waals surface area contributed by atoms with E-state index in [0.717, 1.165) is 6.42 Å². The highest BCUT2D eigenvalue weighted by molar-refractivity contribution is 5.87. The standard InChI is InChI=1S/C13H19N5O3/c1-3-11(19)18-5-4-9(8-18)16-13(20)17-12-14-6-10(21-2)7-15-12/h6-7,9H,3-5,8H2,1-2H3,(H2,14,15,16,17,20). The molecule has 1 aromatic rings. The summed E-state index contributed by atoms with van der Waals surface area (Å²) in [6.07, 6.45) is 4.18. The Morgan fingerprint density at radius 3 is 2.76 bits per heavy atom. The minimum absolute atomic E-state index is 0.0428. The fraction of sp³-hybridized carbons (Fsp3) is 0.538. The zero-order chi connectivity index (χ0) is 15.2. The molecule has 0 aromatic carbocycles. The lowest BCUT2D eigenvalue weighted by atomic mass is 10.3. The third-order valence-corrected chi connectivity index (χ3v) is 3.27. The number of hydrogen-bond acceptors (Lipinski definition) is 5. The maximum atomic E-state index is 11.8. The number of urea groups is 1. The molecule has 2 heterocycles. The van der Waals surface area contributed by atoms with E-state index in [9.17, 15) is 9.59 Å². The molecule has 2 N–H and O–H groups in total. The van der Waals surface area contributed by atoms with E-state index in [2.05, 4.69) is 20.6 Å². The summed E-state index contributed by atoms with van der Waals surface area (Å²) < 4.78 is 4.94. The van der Waals surface area contributed by atoms with Crippen molar-refractivity contribution in [3.8, 4) is 5.75 Å². The van der Waals surface area contributed by atoms with Gasteiger partial charge in [0, 0.05) is 25.6 Å². The monoisotopic (exact) mass is 293 g/mol. The first kappa shape index (κ1) is 15.0. The van der Waals surface area contributed by atoms with Crippen molar-refractivity contribution in [2.45, 2.75) is 25.8 Å². The first-order valence-electron chi connectivity index (χ1n) is 6.83. The van der Waals surface area contributed by atoms with Crippen molar-refractivity contribution in [2.75, 3.05) is 25.5 Å². The largest absolute Gasteiger partial charge is 0.494 e. The number of carbonyl (C=O) groups is 2. The topological polar surface area (TPSA) is 96.5 Å². The van der Waals surface area contributed by atoms with Crippen LogP contribution >= 0.6 is 0 Å². The number of carbonyl (C=O) groups excluding carboxylic acids is 2. The van der Waals surface area contributed by atoms with Crippen molar-refractivity contribution in [3.05, 3.63) is 12.4 Å². The molecule has 1 aliphatic heterocycles. The number of nitrogens with one attached hydrogen (secondary N) is 2. The van der Waals surface area contributed by atoms with Crippen LogP contribution in [0.15, 0.2) is 12.4 Å². The van der Waals surface area contributed by atoms with Gasteiger partial charge in [-0.25, -0.2) is 14.8 Å². The normalized spacial score (nSPS) is 17.4. The average molecular weight is 293 g/mol. The molecule has 21 heavy (non-hydrogen) atoms. The summed E-state index contributed by atoms with van der Waals surface area (Å²) in [5.41, 5.74) is 0. The number of amides is 3. The summed E-state index contributed by atoms with van der Waals surface area (Å²) in [6.45, 7) is 3.05. The summed E-state index contributed by atoms with van der Waals surface area (Å²) in [5, 5.41) is 5.36. The summed E-state index contributed by atoms with van der Waals surface area (Å²) in [7, 11) is 1.52. The van der Waals surface area contributed by atoms with Crippen molar-refractivity contribution in [3.63, 3.8) is 0 Å². The second-order valence-electron chi connectivity index (χ2n) is 4.72. The van der Waals surface area contributed by atoms with Crippen molar-refractivity contribution in [1.82, 2.24) is 20.2 Å². The van der Waals surface area contributed by atoms with Crippen LogP contribution in [0.25, 0.3) is 0 Å². The van der Waals surface area contributed by atoms with Gasteiger partial charge < -0.3 is 15.0 Å². The lowest BCUT2D eigenvalue weighted by Crippen LogP contribution is -2.40. The van der Waals surface area contributed by atoms with E-state index in [4.69, 9.17) is 4.74 Å². The van der Waals surface area contributed by atoms with Crippen molar-refractivity contribution in [2.24, 2.45) is 0 Å². The van der Waals surface area contributed by atoms with Gasteiger partial charge in [-0.05, 0) is 6.42 Å². The van der Waals surface area contributed by atoms with Crippen LogP contribution in [-0.2, 0) is 4.79 Å². The molecule has 1 saturated heterocycles. The molecule has 0 saturated carbocycles. The minimum atomic E-state index is -0.379. The molecule has 1 aromatic heterocycles. The lowest BCUT2D eigenvalue weighted by molar-refractivity contribution is -0.129. The summed E-state index contributed by atoms with van der Waals surface area (Å²) >= 11 is 0. The Kier molecular flexibility index (Phi) is 4.91. The molecule has 8 nitrogen and oxygen atoms in total. The van der Waals surface area contributed by atoms with Gasteiger partial charge >= 0.3 is 6.03 Å². The van der Waals surface area contributed by atoms with Crippen LogP contribution in [0.5, 0.6) is 5.75 Å². The lowest BCUT2D eigenvalue weighted by Gasteiger charge is -2.16. The van der Waals surface area contributed by atoms with Gasteiger partial charge in [-0.3, -0.25) is 10.1 Å². The Bertz CT molecular complexity index is 505. The molecule has 1 atom stereocenters. The Morgan fingerprint density at radius 1 is 1.43 bits per heavy atom. The molecule has 114 valence electrons. The molecule has 0 spiro atoms. The van der Waals surface area contributed by atoms with Gasteiger partial charge in [0.15, 0.2) is 5.75 Å². The van der Waals surface area contributed by atoms with Crippen LogP contribution in [0.2, 0.25) is 0 Å². The maximum Gasteiger partial charge on any atom is 0.321 e. The molecule has 3 amide bonds. The minimum Gasteiger partial charge on any atom is -0.494 e. The predicted molar refractivity (Wildman–Crippen MR) is 76.0 cm³/mol. The maximum absolute atomic E-state index is 11.8. The molecular weight excluding hydrogens is 274 g/mol. The SMILES string of the molecule is CCC(=O)N1CCC(NC(=O)Nc2ncc(OC)cn2)C1. The Hall–Kier alpha value is -2.38. The van der Waals surface area contributed by atoms with Gasteiger partial charge in [-0.2, -0.15) is 0 Å². The zero-order valence-corrected chi connectivity index (χ0v) is 12.1. The van der Waals surface area contributed by atoms with Crippen LogP contribution in [0.3, 0.4) is 0 Å². The highest BCUT2D eigenvalue weighted by Crippen LogP contribution is 2.11. The molecule has 1 fully saturated rings. The third kappa shape index (κ3) is 4.04. The molecule has 1 unspecified atom stereocenters. The van der Waals surface area contributed by atoms with Gasteiger partial charge in [0.1, 0.15) is 0 Å². The number of likely N-dealkylation sites (tertiary alicyclic amines) is 1. The predicted octanol–water partition coefficient (Wildman–Crippen LogP) is 0.618. The molecule has 8 heteroatoms. The summed E-state index contributed by atoms with van der Waals surface area (Å²) in [4.78, 5) is 33.0. The Morgan fingerprint density at radius 2 is 2.14 bits per heavy atom. The smallest absolute Gasteiger partial charge is 0.321 e. The number of anilines is 1. The molecule has 2 rings (SSSR count). The summed E-state index contributed by atoms with van der Waals surface area (Å²) in [6, 6.07) is -0.422. The Balaban J connectivity index is 1.81. The van der Waals surface area contributed by atoms with E-state index in [-0.39, 0.29) is 23.9 Å². The first-order valence-corrected chi connectivity index (χ1v) is 6.83. The number of methoxy groups -OCH3 is 1. The number of nitrogens with zero attached hydrogens (tertiary/aromatic N) is 3. The van der Waals surface area contributed by atoms with Crippen LogP contribution in [0.1, 0.15) is 19.8 Å². The van der Waals surface area contributed by atoms with Crippen LogP contribution in [0, 0.1) is 0 Å². The number of rotatable bonds is 4. The van der Waals surface area contributed by atoms with E-state index < -0.39 is 0 Å². The second-order valence-corrected chi connectivity index (χ2v) is 4.72. The van der Waals surface area contributed by atoms with Crippen LogP contribution in [0.4, 0.5) is 10.7 Å². The second kappa shape index (κ2) is 6.87. The van der Waals surface area contributed by atoms with Crippen molar-refractivity contribution >= 4 is 17.9 Å². The van der Waals surface area contributed by atoms with Crippen molar-refractivity contribution < 1.29 is 14.3 Å². The molecule has 0 bridgehead atoms. The van der Waals surface area contributed by atoms with E-state index in [0.29, 0.717) is 25.3 Å². The van der Waals surface area contributed by atoms with Gasteiger partial charge in [0.2, 0.25) is 11.9 Å². The average Bonchev–Trinajstić information content (AvgIpc) is 2.95. The quantitative estimate of drug-likeness (QED) is 0.848. The van der Waals surface area contributed by atoms with Crippen molar-refractivity contribution in [1.29, 1.82) is 0 Å². The molecular formula is C13H19N5O3. The third-order valence-electron chi connectivity index (χ3n) is 3.27. The number of ether oxygens (including phenoxy) is 1. The number of aromatic nitrogens is 2. The van der Waals surface area contributed by atoms with Gasteiger partial charge in [-0.15, -0.1) is 0 Å².